The molecular formula is C20H24ClN3O2S. The molecule has 144 valence electrons. The van der Waals surface area contributed by atoms with Crippen molar-refractivity contribution in [3.63, 3.8) is 0 Å². The van der Waals surface area contributed by atoms with Crippen LogP contribution in [-0.2, 0) is 12.1 Å². The highest BCUT2D eigenvalue weighted by molar-refractivity contribution is 7.99. The van der Waals surface area contributed by atoms with Gasteiger partial charge < -0.3 is 15.1 Å². The van der Waals surface area contributed by atoms with E-state index >= 15 is 0 Å². The number of amides is 2. The molecule has 2 fully saturated rings. The van der Waals surface area contributed by atoms with E-state index in [1.807, 2.05) is 17.8 Å². The Labute approximate surface area is 168 Å². The first-order chi connectivity index (χ1) is 13.1. The van der Waals surface area contributed by atoms with E-state index in [9.17, 15) is 4.79 Å². The van der Waals surface area contributed by atoms with Gasteiger partial charge in [0.25, 0.3) is 0 Å². The van der Waals surface area contributed by atoms with Crippen LogP contribution in [0.1, 0.15) is 43.4 Å². The lowest BCUT2D eigenvalue weighted by atomic mass is 9.74. The van der Waals surface area contributed by atoms with Gasteiger partial charge >= 0.3 is 6.03 Å². The number of thioether (sulfide) groups is 1. The highest BCUT2D eigenvalue weighted by atomic mass is 35.5. The zero-order valence-corrected chi connectivity index (χ0v) is 16.8. The van der Waals surface area contributed by atoms with Gasteiger partial charge in [-0.2, -0.15) is 11.8 Å². The van der Waals surface area contributed by atoms with Crippen LogP contribution in [0.3, 0.4) is 0 Å². The Balaban J connectivity index is 1.61. The number of carbonyl (C=O) groups is 1. The Hall–Kier alpha value is -1.37. The number of nitrogens with one attached hydrogen (secondary N) is 2. The third kappa shape index (κ3) is 3.12. The van der Waals surface area contributed by atoms with E-state index in [0.717, 1.165) is 73.3 Å². The first-order valence-corrected chi connectivity index (χ1v) is 11.3. The quantitative estimate of drug-likeness (QED) is 0.743. The van der Waals surface area contributed by atoms with Gasteiger partial charge in [-0.25, -0.2) is 4.79 Å². The second-order valence-electron chi connectivity index (χ2n) is 7.85. The van der Waals surface area contributed by atoms with Gasteiger partial charge in [-0.3, -0.25) is 4.90 Å². The van der Waals surface area contributed by atoms with Crippen LogP contribution in [0, 0.1) is 0 Å². The number of fused-ring (bicyclic) bond motifs is 4. The van der Waals surface area contributed by atoms with E-state index in [0.29, 0.717) is 5.02 Å². The molecule has 7 heteroatoms. The van der Waals surface area contributed by atoms with E-state index in [2.05, 4.69) is 21.6 Å². The molecule has 0 radical (unpaired) electrons. The average molecular weight is 406 g/mol. The van der Waals surface area contributed by atoms with Crippen LogP contribution >= 0.6 is 23.4 Å². The SMILES string of the molecule is O=C1Nc2c(Cl)cc3cc(CN4CCSCC4)oc3c2C2(CCCCC2)N1. The van der Waals surface area contributed by atoms with Gasteiger partial charge in [0.2, 0.25) is 0 Å². The first kappa shape index (κ1) is 17.7. The number of urea groups is 1. The molecule has 2 N–H and O–H groups in total. The fourth-order valence-electron chi connectivity index (χ4n) is 4.79. The molecule has 1 spiro atoms. The van der Waals surface area contributed by atoms with E-state index in [1.165, 1.54) is 17.9 Å². The van der Waals surface area contributed by atoms with E-state index < -0.39 is 0 Å². The average Bonchev–Trinajstić information content (AvgIpc) is 3.05. The molecule has 1 aromatic heterocycles. The standard InChI is InChI=1S/C20H24ClN3O2S/c21-15-11-13-10-14(12-24-6-8-27-9-7-24)26-18(13)16-17(15)22-19(25)23-20(16)4-2-1-3-5-20/h10-11H,1-9,12H2,(H2,22,23,25). The Morgan fingerprint density at radius 1 is 1.19 bits per heavy atom. The van der Waals surface area contributed by atoms with Crippen LogP contribution in [0.2, 0.25) is 5.02 Å². The minimum atomic E-state index is -0.365. The third-order valence-corrected chi connectivity index (χ3v) is 7.31. The van der Waals surface area contributed by atoms with Crippen molar-refractivity contribution < 1.29 is 9.21 Å². The summed E-state index contributed by atoms with van der Waals surface area (Å²) in [6.45, 7) is 3.03. The molecule has 1 saturated carbocycles. The minimum absolute atomic E-state index is 0.164. The number of hydrogen-bond donors (Lipinski definition) is 2. The monoisotopic (exact) mass is 405 g/mol. The molecule has 5 nitrogen and oxygen atoms in total. The second kappa shape index (κ2) is 6.90. The smallest absolute Gasteiger partial charge is 0.319 e. The molecule has 2 amide bonds. The molecule has 0 unspecified atom stereocenters. The van der Waals surface area contributed by atoms with Crippen LogP contribution in [0.5, 0.6) is 0 Å². The van der Waals surface area contributed by atoms with Crippen molar-refractivity contribution in [2.24, 2.45) is 0 Å². The summed E-state index contributed by atoms with van der Waals surface area (Å²) < 4.78 is 6.39. The fraction of sp³-hybridized carbons (Fsp3) is 0.550. The molecule has 5 rings (SSSR count). The van der Waals surface area contributed by atoms with Crippen molar-refractivity contribution in [2.75, 3.05) is 29.9 Å². The predicted octanol–water partition coefficient (Wildman–Crippen LogP) is 4.93. The molecule has 2 aliphatic heterocycles. The second-order valence-corrected chi connectivity index (χ2v) is 9.48. The normalized spacial score (nSPS) is 22.5. The summed E-state index contributed by atoms with van der Waals surface area (Å²) in [6, 6.07) is 3.89. The number of nitrogens with zero attached hydrogens (tertiary/aromatic N) is 1. The van der Waals surface area contributed by atoms with Crippen LogP contribution in [0.15, 0.2) is 16.5 Å². The molecule has 0 atom stereocenters. The summed E-state index contributed by atoms with van der Waals surface area (Å²) >= 11 is 8.60. The fourth-order valence-corrected chi connectivity index (χ4v) is 6.03. The van der Waals surface area contributed by atoms with E-state index in [4.69, 9.17) is 16.0 Å². The topological polar surface area (TPSA) is 57.5 Å². The van der Waals surface area contributed by atoms with Gasteiger partial charge in [-0.1, -0.05) is 30.9 Å². The number of furan rings is 1. The van der Waals surface area contributed by atoms with Gasteiger partial charge in [0.15, 0.2) is 0 Å². The molecule has 1 aromatic carbocycles. The maximum absolute atomic E-state index is 12.3. The van der Waals surface area contributed by atoms with Crippen LogP contribution in [0.25, 0.3) is 11.0 Å². The van der Waals surface area contributed by atoms with Gasteiger partial charge in [0, 0.05) is 35.5 Å². The Morgan fingerprint density at radius 3 is 2.74 bits per heavy atom. The number of anilines is 1. The Morgan fingerprint density at radius 2 is 1.96 bits per heavy atom. The molecular weight excluding hydrogens is 382 g/mol. The lowest BCUT2D eigenvalue weighted by molar-refractivity contribution is 0.208. The van der Waals surface area contributed by atoms with Gasteiger partial charge in [0.1, 0.15) is 11.3 Å². The summed E-state index contributed by atoms with van der Waals surface area (Å²) in [4.78, 5) is 14.8. The largest absolute Gasteiger partial charge is 0.459 e. The van der Waals surface area contributed by atoms with Crippen molar-refractivity contribution in [1.29, 1.82) is 0 Å². The summed E-state index contributed by atoms with van der Waals surface area (Å²) in [5.74, 6) is 3.34. The zero-order chi connectivity index (χ0) is 18.4. The summed E-state index contributed by atoms with van der Waals surface area (Å²) in [7, 11) is 0. The molecule has 2 aromatic rings. The summed E-state index contributed by atoms with van der Waals surface area (Å²) in [5.41, 5.74) is 2.29. The number of hydrogen-bond acceptors (Lipinski definition) is 4. The third-order valence-electron chi connectivity index (χ3n) is 6.07. The van der Waals surface area contributed by atoms with E-state index in [-0.39, 0.29) is 11.6 Å². The number of benzene rings is 1. The maximum Gasteiger partial charge on any atom is 0.319 e. The van der Waals surface area contributed by atoms with Crippen LogP contribution in [-0.4, -0.2) is 35.5 Å². The van der Waals surface area contributed by atoms with Crippen molar-refractivity contribution >= 4 is 46.1 Å². The van der Waals surface area contributed by atoms with Crippen molar-refractivity contribution in [1.82, 2.24) is 10.2 Å². The van der Waals surface area contributed by atoms with Gasteiger partial charge in [0.05, 0.1) is 22.8 Å². The molecule has 1 aliphatic carbocycles. The van der Waals surface area contributed by atoms with Gasteiger partial charge in [-0.05, 0) is 25.0 Å². The van der Waals surface area contributed by atoms with Crippen LogP contribution in [0.4, 0.5) is 10.5 Å². The summed E-state index contributed by atoms with van der Waals surface area (Å²) in [6.07, 6.45) is 5.28. The lowest BCUT2D eigenvalue weighted by Crippen LogP contribution is -2.52. The van der Waals surface area contributed by atoms with E-state index in [1.54, 1.807) is 0 Å². The molecule has 27 heavy (non-hydrogen) atoms. The van der Waals surface area contributed by atoms with Crippen molar-refractivity contribution in [3.05, 3.63) is 28.5 Å². The van der Waals surface area contributed by atoms with Crippen LogP contribution < -0.4 is 10.6 Å². The number of carbonyl (C=O) groups excluding carboxylic acids is 1. The zero-order valence-electron chi connectivity index (χ0n) is 15.3. The Bertz CT molecular complexity index is 885. The molecule has 3 heterocycles. The minimum Gasteiger partial charge on any atom is -0.459 e. The predicted molar refractivity (Wildman–Crippen MR) is 111 cm³/mol. The van der Waals surface area contributed by atoms with Crippen molar-refractivity contribution in [2.45, 2.75) is 44.2 Å². The molecule has 0 bridgehead atoms. The van der Waals surface area contributed by atoms with Crippen molar-refractivity contribution in [3.8, 4) is 0 Å². The molecule has 3 aliphatic rings. The number of rotatable bonds is 2. The van der Waals surface area contributed by atoms with Gasteiger partial charge in [-0.15, -0.1) is 0 Å². The summed E-state index contributed by atoms with van der Waals surface area (Å²) in [5, 5.41) is 7.77. The highest BCUT2D eigenvalue weighted by Crippen LogP contribution is 2.49. The highest BCUT2D eigenvalue weighted by Gasteiger charge is 2.43. The number of halogens is 1. The molecule has 1 saturated heterocycles. The lowest BCUT2D eigenvalue weighted by Gasteiger charge is -2.42. The maximum atomic E-state index is 12.3. The first-order valence-electron chi connectivity index (χ1n) is 9.79. The Kier molecular flexibility index (Phi) is 4.53.